The van der Waals surface area contributed by atoms with Crippen LogP contribution in [0.3, 0.4) is 0 Å². The van der Waals surface area contributed by atoms with Crippen molar-refractivity contribution in [3.63, 3.8) is 0 Å². The van der Waals surface area contributed by atoms with E-state index in [2.05, 4.69) is 27.8 Å². The molecular weight excluding hydrogens is 439 g/mol. The fourth-order valence-electron chi connectivity index (χ4n) is 1.59. The summed E-state index contributed by atoms with van der Waals surface area (Å²) in [5.41, 5.74) is 0. The van der Waals surface area contributed by atoms with Crippen LogP contribution in [-0.2, 0) is 9.53 Å². The minimum atomic E-state index is -0.0310. The highest BCUT2D eigenvalue weighted by atomic mass is 127. The molecule has 0 aliphatic heterocycles. The number of hydrogen-bond donors (Lipinski definition) is 2. The second kappa shape index (κ2) is 14.4. The highest BCUT2D eigenvalue weighted by molar-refractivity contribution is 14.0. The van der Waals surface area contributed by atoms with E-state index < -0.39 is 0 Å². The van der Waals surface area contributed by atoms with Crippen molar-refractivity contribution in [1.82, 2.24) is 15.5 Å². The van der Waals surface area contributed by atoms with E-state index in [9.17, 15) is 4.79 Å². The second-order valence-corrected chi connectivity index (χ2v) is 6.13. The molecule has 1 aromatic carbocycles. The summed E-state index contributed by atoms with van der Waals surface area (Å²) in [4.78, 5) is 18.7. The molecule has 136 valence electrons. The summed E-state index contributed by atoms with van der Waals surface area (Å²) in [6.45, 7) is 2.11. The van der Waals surface area contributed by atoms with Crippen molar-refractivity contribution in [1.29, 1.82) is 0 Å². The average Bonchev–Trinajstić information content (AvgIpc) is 2.56. The molecule has 1 aromatic rings. The van der Waals surface area contributed by atoms with Crippen LogP contribution in [0.25, 0.3) is 0 Å². The van der Waals surface area contributed by atoms with Crippen LogP contribution in [0.1, 0.15) is 0 Å². The maximum atomic E-state index is 11.6. The van der Waals surface area contributed by atoms with E-state index in [-0.39, 0.29) is 36.4 Å². The molecule has 2 N–H and O–H groups in total. The summed E-state index contributed by atoms with van der Waals surface area (Å²) < 4.78 is 5.01. The number of carbonyl (C=O) groups is 1. The van der Waals surface area contributed by atoms with Crippen LogP contribution in [0.4, 0.5) is 0 Å². The number of ether oxygens (including phenoxy) is 1. The van der Waals surface area contributed by atoms with Crippen LogP contribution < -0.4 is 10.6 Å². The summed E-state index contributed by atoms with van der Waals surface area (Å²) in [6.07, 6.45) is 0. The predicted octanol–water partition coefficient (Wildman–Crippen LogP) is 1.67. The number of guanidine groups is 1. The molecule has 0 bridgehead atoms. The number of nitrogens with one attached hydrogen (secondary N) is 2. The van der Waals surface area contributed by atoms with Crippen molar-refractivity contribution in [2.24, 2.45) is 4.99 Å². The van der Waals surface area contributed by atoms with Crippen molar-refractivity contribution in [3.8, 4) is 0 Å². The Bertz CT molecular complexity index is 486. The Labute approximate surface area is 165 Å². The Kier molecular flexibility index (Phi) is 13.8. The Morgan fingerprint density at radius 2 is 1.88 bits per heavy atom. The van der Waals surface area contributed by atoms with Crippen molar-refractivity contribution in [2.45, 2.75) is 4.90 Å². The fourth-order valence-corrected chi connectivity index (χ4v) is 2.38. The second-order valence-electron chi connectivity index (χ2n) is 4.96. The van der Waals surface area contributed by atoms with Gasteiger partial charge in [0.05, 0.1) is 6.61 Å². The van der Waals surface area contributed by atoms with E-state index in [0.29, 0.717) is 19.1 Å². The summed E-state index contributed by atoms with van der Waals surface area (Å²) in [5.74, 6) is 1.51. The molecule has 0 aliphatic carbocycles. The number of rotatable bonds is 9. The summed E-state index contributed by atoms with van der Waals surface area (Å²) >= 11 is 1.77. The molecule has 0 saturated carbocycles. The number of hydrogen-bond acceptors (Lipinski definition) is 4. The lowest BCUT2D eigenvalue weighted by atomic mass is 10.4. The number of thioether (sulfide) groups is 1. The smallest absolute Gasteiger partial charge is 0.243 e. The number of halogens is 1. The van der Waals surface area contributed by atoms with Gasteiger partial charge in [-0.25, -0.2) is 4.99 Å². The highest BCUT2D eigenvalue weighted by Gasteiger charge is 2.04. The average molecular weight is 466 g/mol. The largest absolute Gasteiger partial charge is 0.383 e. The number of likely N-dealkylation sites (N-methyl/N-ethyl adjacent to an activating group) is 1. The van der Waals surface area contributed by atoms with Gasteiger partial charge in [-0.1, -0.05) is 18.2 Å². The van der Waals surface area contributed by atoms with Gasteiger partial charge in [0, 0.05) is 44.9 Å². The minimum Gasteiger partial charge on any atom is -0.383 e. The van der Waals surface area contributed by atoms with Crippen LogP contribution in [0.15, 0.2) is 40.2 Å². The molecule has 0 heterocycles. The molecule has 0 aliphatic rings. The molecule has 1 amide bonds. The standard InChI is InChI=1S/C16H26N4O2S.HI/c1-20(2)15(21)13-19-16(17-9-11-22-3)18-10-12-23-14-7-5-4-6-8-14;/h4-8H,9-13H2,1-3H3,(H2,17,18,19);1H. The Balaban J connectivity index is 0.00000529. The third kappa shape index (κ3) is 10.7. The van der Waals surface area contributed by atoms with Gasteiger partial charge >= 0.3 is 0 Å². The van der Waals surface area contributed by atoms with Gasteiger partial charge in [0.2, 0.25) is 5.91 Å². The molecule has 0 spiro atoms. The number of methoxy groups -OCH3 is 1. The van der Waals surface area contributed by atoms with Gasteiger partial charge in [-0.15, -0.1) is 35.7 Å². The van der Waals surface area contributed by atoms with Gasteiger partial charge < -0.3 is 20.3 Å². The summed E-state index contributed by atoms with van der Waals surface area (Å²) in [5, 5.41) is 6.38. The zero-order chi connectivity index (χ0) is 16.9. The van der Waals surface area contributed by atoms with E-state index in [1.807, 2.05) is 18.2 Å². The minimum absolute atomic E-state index is 0. The van der Waals surface area contributed by atoms with E-state index in [1.165, 1.54) is 9.80 Å². The Hall–Kier alpha value is -1.000. The molecule has 0 unspecified atom stereocenters. The van der Waals surface area contributed by atoms with Crippen molar-refractivity contribution in [3.05, 3.63) is 30.3 Å². The number of benzene rings is 1. The molecule has 24 heavy (non-hydrogen) atoms. The number of carbonyl (C=O) groups excluding carboxylic acids is 1. The Morgan fingerprint density at radius 1 is 1.21 bits per heavy atom. The van der Waals surface area contributed by atoms with E-state index in [1.54, 1.807) is 33.0 Å². The summed E-state index contributed by atoms with van der Waals surface area (Å²) in [7, 11) is 5.09. The zero-order valence-electron chi connectivity index (χ0n) is 14.4. The lowest BCUT2D eigenvalue weighted by Gasteiger charge is -2.13. The number of amides is 1. The number of nitrogens with zero attached hydrogens (tertiary/aromatic N) is 2. The first-order valence-corrected chi connectivity index (χ1v) is 8.51. The normalized spacial score (nSPS) is 10.7. The quantitative estimate of drug-likeness (QED) is 0.191. The number of aliphatic imine (C=N–C) groups is 1. The van der Waals surface area contributed by atoms with Crippen LogP contribution in [0.5, 0.6) is 0 Å². The van der Waals surface area contributed by atoms with Crippen molar-refractivity contribution >= 4 is 47.6 Å². The van der Waals surface area contributed by atoms with Crippen LogP contribution in [0, 0.1) is 0 Å². The maximum Gasteiger partial charge on any atom is 0.243 e. The first kappa shape index (κ1) is 23.0. The molecule has 0 saturated heterocycles. The van der Waals surface area contributed by atoms with Crippen LogP contribution in [0.2, 0.25) is 0 Å². The lowest BCUT2D eigenvalue weighted by Crippen LogP contribution is -2.40. The third-order valence-corrected chi connectivity index (χ3v) is 3.89. The SMILES string of the molecule is COCCNC(=NCC(=O)N(C)C)NCCSc1ccccc1.I. The van der Waals surface area contributed by atoms with Gasteiger partial charge in [0.25, 0.3) is 0 Å². The molecule has 8 heteroatoms. The fraction of sp³-hybridized carbons (Fsp3) is 0.500. The first-order chi connectivity index (χ1) is 11.1. The lowest BCUT2D eigenvalue weighted by molar-refractivity contribution is -0.127. The first-order valence-electron chi connectivity index (χ1n) is 7.52. The van der Waals surface area contributed by atoms with Gasteiger partial charge in [-0.05, 0) is 12.1 Å². The molecule has 0 aromatic heterocycles. The highest BCUT2D eigenvalue weighted by Crippen LogP contribution is 2.15. The zero-order valence-corrected chi connectivity index (χ0v) is 17.6. The summed E-state index contributed by atoms with van der Waals surface area (Å²) in [6, 6.07) is 10.2. The molecule has 0 fully saturated rings. The van der Waals surface area contributed by atoms with Crippen LogP contribution in [-0.4, -0.2) is 70.0 Å². The van der Waals surface area contributed by atoms with Crippen molar-refractivity contribution in [2.75, 3.05) is 53.2 Å². The molecule has 1 rings (SSSR count). The van der Waals surface area contributed by atoms with Crippen molar-refractivity contribution < 1.29 is 9.53 Å². The maximum absolute atomic E-state index is 11.6. The van der Waals surface area contributed by atoms with Gasteiger partial charge in [-0.2, -0.15) is 0 Å². The molecular formula is C16H27IN4O2S. The monoisotopic (exact) mass is 466 g/mol. The van der Waals surface area contributed by atoms with Gasteiger partial charge in [0.15, 0.2) is 5.96 Å². The Morgan fingerprint density at radius 3 is 2.50 bits per heavy atom. The van der Waals surface area contributed by atoms with E-state index >= 15 is 0 Å². The van der Waals surface area contributed by atoms with Crippen LogP contribution >= 0.6 is 35.7 Å². The predicted molar refractivity (Wildman–Crippen MR) is 111 cm³/mol. The van der Waals surface area contributed by atoms with E-state index in [0.717, 1.165) is 12.3 Å². The van der Waals surface area contributed by atoms with Gasteiger partial charge in [-0.3, -0.25) is 4.79 Å². The third-order valence-electron chi connectivity index (χ3n) is 2.88. The van der Waals surface area contributed by atoms with Gasteiger partial charge in [0.1, 0.15) is 6.54 Å². The topological polar surface area (TPSA) is 66.0 Å². The molecule has 6 nitrogen and oxygen atoms in total. The molecule has 0 atom stereocenters. The van der Waals surface area contributed by atoms with E-state index in [4.69, 9.17) is 4.74 Å². The molecule has 0 radical (unpaired) electrons.